The number of aromatic nitrogens is 1. The van der Waals surface area contributed by atoms with E-state index >= 15 is 0 Å². The van der Waals surface area contributed by atoms with E-state index in [1.165, 1.54) is 45.7 Å². The van der Waals surface area contributed by atoms with Gasteiger partial charge in [0.15, 0.2) is 23.1 Å². The minimum Gasteiger partial charge on any atom is -0.493 e. The number of amides is 1. The third-order valence-corrected chi connectivity index (χ3v) is 4.52. The number of nitrogens with one attached hydrogen (secondary N) is 1. The lowest BCUT2D eigenvalue weighted by molar-refractivity contribution is -0.116. The predicted molar refractivity (Wildman–Crippen MR) is 110 cm³/mol. The smallest absolute Gasteiger partial charge is 0.340 e. The number of esters is 1. The number of methoxy groups -OCH3 is 3. The highest BCUT2D eigenvalue weighted by Gasteiger charge is 2.19. The Hall–Kier alpha value is -3.95. The van der Waals surface area contributed by atoms with E-state index in [9.17, 15) is 18.4 Å². The van der Waals surface area contributed by atoms with Crippen LogP contribution in [-0.2, 0) is 16.0 Å². The number of anilines is 1. The fraction of sp³-hybridized carbons (Fsp3) is 0.227. The van der Waals surface area contributed by atoms with Crippen molar-refractivity contribution < 1.29 is 37.0 Å². The van der Waals surface area contributed by atoms with Crippen molar-refractivity contribution >= 4 is 17.6 Å². The van der Waals surface area contributed by atoms with Crippen LogP contribution in [-0.4, -0.2) is 38.2 Å². The summed E-state index contributed by atoms with van der Waals surface area (Å²) in [5, 5.41) is 2.63. The first-order chi connectivity index (χ1) is 15.4. The molecule has 0 radical (unpaired) electrons. The molecule has 2 aromatic carbocycles. The molecule has 0 unspecified atom stereocenters. The number of oxazole rings is 1. The molecular weight excluding hydrogens is 426 g/mol. The SMILES string of the molecule is COC(=O)c1cc(OC)c(OC)cc1NC(=O)CCc1ncc(-c2ccc(F)cc2F)o1. The van der Waals surface area contributed by atoms with Gasteiger partial charge < -0.3 is 23.9 Å². The Morgan fingerprint density at radius 3 is 2.44 bits per heavy atom. The van der Waals surface area contributed by atoms with Gasteiger partial charge in [-0.1, -0.05) is 0 Å². The number of nitrogens with zero attached hydrogens (tertiary/aromatic N) is 1. The van der Waals surface area contributed by atoms with Gasteiger partial charge in [0, 0.05) is 31.0 Å². The van der Waals surface area contributed by atoms with Crippen molar-refractivity contribution in [2.45, 2.75) is 12.8 Å². The van der Waals surface area contributed by atoms with Crippen molar-refractivity contribution in [1.29, 1.82) is 0 Å². The summed E-state index contributed by atoms with van der Waals surface area (Å²) in [6.07, 6.45) is 1.36. The van der Waals surface area contributed by atoms with Gasteiger partial charge in [0.1, 0.15) is 11.6 Å². The summed E-state index contributed by atoms with van der Waals surface area (Å²) in [4.78, 5) is 28.6. The Bertz CT molecular complexity index is 1150. The van der Waals surface area contributed by atoms with Crippen molar-refractivity contribution in [3.05, 3.63) is 59.6 Å². The van der Waals surface area contributed by atoms with Gasteiger partial charge in [0.25, 0.3) is 0 Å². The molecule has 0 aliphatic carbocycles. The molecule has 0 spiro atoms. The van der Waals surface area contributed by atoms with Crippen LogP contribution in [0.2, 0.25) is 0 Å². The summed E-state index contributed by atoms with van der Waals surface area (Å²) in [5.74, 6) is -1.67. The van der Waals surface area contributed by atoms with Crippen molar-refractivity contribution in [1.82, 2.24) is 4.98 Å². The molecule has 0 bridgehead atoms. The maximum atomic E-state index is 13.9. The zero-order valence-electron chi connectivity index (χ0n) is 17.5. The van der Waals surface area contributed by atoms with Crippen LogP contribution in [0.3, 0.4) is 0 Å². The average Bonchev–Trinajstić information content (AvgIpc) is 3.25. The fourth-order valence-electron chi connectivity index (χ4n) is 2.93. The third kappa shape index (κ3) is 5.02. The Morgan fingerprint density at radius 1 is 1.06 bits per heavy atom. The molecule has 0 aliphatic rings. The Kier molecular flexibility index (Phi) is 7.04. The average molecular weight is 446 g/mol. The zero-order chi connectivity index (χ0) is 23.3. The minimum absolute atomic E-state index is 0.0409. The maximum Gasteiger partial charge on any atom is 0.340 e. The van der Waals surface area contributed by atoms with Crippen molar-refractivity contribution in [2.75, 3.05) is 26.6 Å². The lowest BCUT2D eigenvalue weighted by atomic mass is 10.1. The molecule has 32 heavy (non-hydrogen) atoms. The van der Waals surface area contributed by atoms with Crippen molar-refractivity contribution in [2.24, 2.45) is 0 Å². The molecule has 8 nitrogen and oxygen atoms in total. The number of benzene rings is 2. The third-order valence-electron chi connectivity index (χ3n) is 4.52. The number of rotatable bonds is 8. The number of halogens is 2. The van der Waals surface area contributed by atoms with Gasteiger partial charge in [-0.25, -0.2) is 18.6 Å². The second-order valence-electron chi connectivity index (χ2n) is 6.53. The van der Waals surface area contributed by atoms with E-state index < -0.39 is 23.5 Å². The van der Waals surface area contributed by atoms with Crippen LogP contribution >= 0.6 is 0 Å². The number of hydrogen-bond acceptors (Lipinski definition) is 7. The Morgan fingerprint density at radius 2 is 1.78 bits per heavy atom. The highest BCUT2D eigenvalue weighted by molar-refractivity contribution is 6.02. The first-order valence-corrected chi connectivity index (χ1v) is 9.40. The van der Waals surface area contributed by atoms with Crippen LogP contribution in [0, 0.1) is 11.6 Å². The molecule has 0 aliphatic heterocycles. The first kappa shape index (κ1) is 22.7. The molecule has 10 heteroatoms. The summed E-state index contributed by atoms with van der Waals surface area (Å²) in [7, 11) is 4.06. The second kappa shape index (κ2) is 9.90. The Labute approximate surface area is 182 Å². The van der Waals surface area contributed by atoms with Gasteiger partial charge in [-0.2, -0.15) is 0 Å². The molecule has 1 heterocycles. The summed E-state index contributed by atoms with van der Waals surface area (Å²) >= 11 is 0. The lowest BCUT2D eigenvalue weighted by Gasteiger charge is -2.14. The molecule has 0 saturated heterocycles. The molecule has 1 amide bonds. The number of hydrogen-bond donors (Lipinski definition) is 1. The largest absolute Gasteiger partial charge is 0.493 e. The molecule has 0 atom stereocenters. The maximum absolute atomic E-state index is 13.9. The molecular formula is C22H20F2N2O6. The summed E-state index contributed by atoms with van der Waals surface area (Å²) in [5.41, 5.74) is 0.326. The number of carbonyl (C=O) groups is 2. The topological polar surface area (TPSA) is 99.9 Å². The molecule has 3 aromatic rings. The highest BCUT2D eigenvalue weighted by Crippen LogP contribution is 2.34. The number of ether oxygens (including phenoxy) is 3. The van der Waals surface area contributed by atoms with Crippen LogP contribution in [0.15, 0.2) is 40.9 Å². The van der Waals surface area contributed by atoms with E-state index in [4.69, 9.17) is 18.6 Å². The van der Waals surface area contributed by atoms with E-state index in [1.54, 1.807) is 0 Å². The van der Waals surface area contributed by atoms with Gasteiger partial charge in [-0.05, 0) is 12.1 Å². The predicted octanol–water partition coefficient (Wildman–Crippen LogP) is 3.99. The molecule has 0 saturated carbocycles. The molecule has 3 rings (SSSR count). The normalized spacial score (nSPS) is 10.5. The number of aryl methyl sites for hydroxylation is 1. The fourth-order valence-corrected chi connectivity index (χ4v) is 2.93. The standard InChI is InChI=1S/C22H20F2N2O6/c1-29-17-9-14(22(28)31-3)16(10-18(17)30-2)26-20(27)6-7-21-25-11-19(32-21)13-5-4-12(23)8-15(13)24/h4-5,8-11H,6-7H2,1-3H3,(H,26,27). The zero-order valence-corrected chi connectivity index (χ0v) is 17.5. The van der Waals surface area contributed by atoms with E-state index in [2.05, 4.69) is 10.3 Å². The van der Waals surface area contributed by atoms with Crippen LogP contribution in [0.25, 0.3) is 11.3 Å². The molecule has 1 aromatic heterocycles. The summed E-state index contributed by atoms with van der Waals surface area (Å²) < 4.78 is 47.6. The van der Waals surface area contributed by atoms with Gasteiger partial charge in [0.2, 0.25) is 5.91 Å². The monoisotopic (exact) mass is 446 g/mol. The van der Waals surface area contributed by atoms with E-state index in [0.717, 1.165) is 12.1 Å². The van der Waals surface area contributed by atoms with Gasteiger partial charge in [0.05, 0.1) is 44.3 Å². The highest BCUT2D eigenvalue weighted by atomic mass is 19.1. The van der Waals surface area contributed by atoms with Crippen molar-refractivity contribution in [3.63, 3.8) is 0 Å². The number of carbonyl (C=O) groups excluding carboxylic acids is 2. The second-order valence-corrected chi connectivity index (χ2v) is 6.53. The van der Waals surface area contributed by atoms with Crippen LogP contribution in [0.5, 0.6) is 11.5 Å². The van der Waals surface area contributed by atoms with Gasteiger partial charge in [-0.15, -0.1) is 0 Å². The van der Waals surface area contributed by atoms with E-state index in [-0.39, 0.29) is 41.3 Å². The lowest BCUT2D eigenvalue weighted by Crippen LogP contribution is -2.16. The summed E-state index contributed by atoms with van der Waals surface area (Å²) in [6.45, 7) is 0. The van der Waals surface area contributed by atoms with Crippen LogP contribution in [0.1, 0.15) is 22.7 Å². The van der Waals surface area contributed by atoms with E-state index in [0.29, 0.717) is 11.5 Å². The summed E-state index contributed by atoms with van der Waals surface area (Å²) in [6, 6.07) is 5.94. The van der Waals surface area contributed by atoms with Gasteiger partial charge >= 0.3 is 5.97 Å². The quantitative estimate of drug-likeness (QED) is 0.522. The molecule has 1 N–H and O–H groups in total. The first-order valence-electron chi connectivity index (χ1n) is 9.40. The van der Waals surface area contributed by atoms with Gasteiger partial charge in [-0.3, -0.25) is 4.79 Å². The van der Waals surface area contributed by atoms with E-state index in [1.807, 2.05) is 0 Å². The molecule has 168 valence electrons. The van der Waals surface area contributed by atoms with Crippen LogP contribution in [0.4, 0.5) is 14.5 Å². The Balaban J connectivity index is 1.71. The minimum atomic E-state index is -0.783. The van der Waals surface area contributed by atoms with Crippen LogP contribution < -0.4 is 14.8 Å². The van der Waals surface area contributed by atoms with Crippen molar-refractivity contribution in [3.8, 4) is 22.8 Å². The molecule has 0 fully saturated rings.